The zero-order valence-electron chi connectivity index (χ0n) is 26.8. The lowest BCUT2D eigenvalue weighted by atomic mass is 10.0. The first kappa shape index (κ1) is 29.0. The number of hydrogen-bond donors (Lipinski definition) is 0. The molecule has 0 saturated carbocycles. The molecule has 8 aromatic carbocycles. The lowest BCUT2D eigenvalue weighted by Crippen LogP contribution is -2.10. The van der Waals surface area contributed by atoms with E-state index in [2.05, 4.69) is 204 Å². The van der Waals surface area contributed by atoms with Gasteiger partial charge in [-0.2, -0.15) is 0 Å². The maximum Gasteiger partial charge on any atom is 0.0640 e. The van der Waals surface area contributed by atoms with E-state index in [0.29, 0.717) is 0 Å². The Morgan fingerprint density at radius 1 is 0.327 bits per heavy atom. The quantitative estimate of drug-likeness (QED) is 0.170. The van der Waals surface area contributed by atoms with E-state index < -0.39 is 0 Å². The molecule has 232 valence electrons. The second-order valence-corrected chi connectivity index (χ2v) is 13.3. The van der Waals surface area contributed by atoms with Crippen molar-refractivity contribution in [1.29, 1.82) is 0 Å². The Balaban J connectivity index is 1.16. The number of hydrogen-bond acceptors (Lipinski definition) is 3. The molecule has 0 aliphatic rings. The minimum absolute atomic E-state index is 1.12. The molecule has 1 aromatic heterocycles. The van der Waals surface area contributed by atoms with Gasteiger partial charge in [-0.1, -0.05) is 121 Å². The van der Waals surface area contributed by atoms with E-state index in [0.717, 1.165) is 28.4 Å². The van der Waals surface area contributed by atoms with Crippen LogP contribution in [0.2, 0.25) is 0 Å². The van der Waals surface area contributed by atoms with Crippen molar-refractivity contribution in [2.75, 3.05) is 9.80 Å². The van der Waals surface area contributed by atoms with Crippen LogP contribution in [0.1, 0.15) is 0 Å². The van der Waals surface area contributed by atoms with Crippen LogP contribution in [-0.2, 0) is 0 Å². The van der Waals surface area contributed by atoms with Crippen LogP contribution in [0.4, 0.5) is 34.1 Å². The Bertz CT molecular complexity index is 2560. The number of anilines is 6. The highest BCUT2D eigenvalue weighted by Gasteiger charge is 2.19. The van der Waals surface area contributed by atoms with Gasteiger partial charge in [-0.3, -0.25) is 0 Å². The average Bonchev–Trinajstić information content (AvgIpc) is 3.56. The number of para-hydroxylation sites is 2. The van der Waals surface area contributed by atoms with Crippen LogP contribution in [0.5, 0.6) is 0 Å². The van der Waals surface area contributed by atoms with Crippen molar-refractivity contribution in [1.82, 2.24) is 0 Å². The van der Waals surface area contributed by atoms with Crippen LogP contribution in [0, 0.1) is 0 Å². The molecule has 0 fully saturated rings. The van der Waals surface area contributed by atoms with Gasteiger partial charge >= 0.3 is 0 Å². The van der Waals surface area contributed by atoms with E-state index in [4.69, 9.17) is 0 Å². The van der Waals surface area contributed by atoms with Crippen molar-refractivity contribution < 1.29 is 0 Å². The number of thiophene rings is 1. The van der Waals surface area contributed by atoms with Crippen LogP contribution in [0.3, 0.4) is 0 Å². The Labute approximate surface area is 290 Å². The second-order valence-electron chi connectivity index (χ2n) is 12.2. The van der Waals surface area contributed by atoms with Crippen molar-refractivity contribution >= 4 is 76.4 Å². The topological polar surface area (TPSA) is 6.48 Å². The van der Waals surface area contributed by atoms with E-state index in [-0.39, 0.29) is 0 Å². The lowest BCUT2D eigenvalue weighted by molar-refractivity contribution is 1.29. The number of benzene rings is 8. The fraction of sp³-hybridized carbons (Fsp3) is 0. The van der Waals surface area contributed by atoms with E-state index in [1.807, 2.05) is 11.3 Å². The number of nitrogens with zero attached hydrogens (tertiary/aromatic N) is 2. The van der Waals surface area contributed by atoms with E-state index in [1.54, 1.807) is 0 Å². The molecule has 0 radical (unpaired) electrons. The van der Waals surface area contributed by atoms with Crippen molar-refractivity contribution in [2.45, 2.75) is 0 Å². The van der Waals surface area contributed by atoms with Crippen molar-refractivity contribution in [3.63, 3.8) is 0 Å². The van der Waals surface area contributed by atoms with Crippen LogP contribution in [0.15, 0.2) is 194 Å². The van der Waals surface area contributed by atoms with Crippen molar-refractivity contribution in [3.05, 3.63) is 194 Å². The van der Waals surface area contributed by atoms with Crippen LogP contribution < -0.4 is 9.80 Å². The minimum atomic E-state index is 1.12. The Morgan fingerprint density at radius 3 is 1.55 bits per heavy atom. The standard InChI is InChI=1S/C46H32N2S/c1-4-14-33(15-5-1)34-16-12-21-39(30-34)47(37-17-6-2-7-18-37)40-28-26-36-32-41(29-27-35(36)31-40)48(38-19-8-3-9-20-38)44-24-13-23-43-42-22-10-11-25-45(42)49-46(43)44/h1-32H. The molecule has 0 atom stereocenters. The summed E-state index contributed by atoms with van der Waals surface area (Å²) in [5.41, 5.74) is 9.22. The second kappa shape index (κ2) is 12.5. The molecule has 0 amide bonds. The molecule has 0 aliphatic heterocycles. The van der Waals surface area contributed by atoms with Gasteiger partial charge < -0.3 is 9.80 Å². The van der Waals surface area contributed by atoms with Gasteiger partial charge in [0.25, 0.3) is 0 Å². The van der Waals surface area contributed by atoms with Gasteiger partial charge in [0.15, 0.2) is 0 Å². The van der Waals surface area contributed by atoms with Gasteiger partial charge in [0, 0.05) is 43.9 Å². The summed E-state index contributed by atoms with van der Waals surface area (Å²) in [4.78, 5) is 4.74. The predicted molar refractivity (Wildman–Crippen MR) is 212 cm³/mol. The molecule has 9 rings (SSSR count). The highest BCUT2D eigenvalue weighted by atomic mass is 32.1. The van der Waals surface area contributed by atoms with Crippen LogP contribution >= 0.6 is 11.3 Å². The SMILES string of the molecule is c1ccc(-c2cccc(N(c3ccccc3)c3ccc4cc(N(c5ccccc5)c5cccc6c5sc5ccccc56)ccc4c3)c2)cc1. The largest absolute Gasteiger partial charge is 0.310 e. The first-order chi connectivity index (χ1) is 24.3. The highest BCUT2D eigenvalue weighted by Crippen LogP contribution is 2.45. The fourth-order valence-corrected chi connectivity index (χ4v) is 8.10. The molecule has 2 nitrogen and oxygen atoms in total. The van der Waals surface area contributed by atoms with Gasteiger partial charge in [-0.25, -0.2) is 0 Å². The predicted octanol–water partition coefficient (Wildman–Crippen LogP) is 13.8. The Kier molecular flexibility index (Phi) is 7.38. The molecule has 0 spiro atoms. The molecule has 49 heavy (non-hydrogen) atoms. The summed E-state index contributed by atoms with van der Waals surface area (Å²) >= 11 is 1.86. The average molecular weight is 645 g/mol. The third-order valence-electron chi connectivity index (χ3n) is 9.19. The summed E-state index contributed by atoms with van der Waals surface area (Å²) in [6, 6.07) is 69.8. The zero-order chi connectivity index (χ0) is 32.6. The first-order valence-electron chi connectivity index (χ1n) is 16.6. The third kappa shape index (κ3) is 5.41. The molecule has 0 saturated heterocycles. The minimum Gasteiger partial charge on any atom is -0.310 e. The third-order valence-corrected chi connectivity index (χ3v) is 10.4. The molecular formula is C46H32N2S. The molecule has 3 heteroatoms. The molecule has 0 N–H and O–H groups in total. The van der Waals surface area contributed by atoms with Gasteiger partial charge in [0.05, 0.1) is 10.4 Å². The maximum absolute atomic E-state index is 2.40. The van der Waals surface area contributed by atoms with Crippen LogP contribution in [0.25, 0.3) is 42.1 Å². The normalized spacial score (nSPS) is 11.3. The van der Waals surface area contributed by atoms with Crippen molar-refractivity contribution in [2.24, 2.45) is 0 Å². The molecule has 0 bridgehead atoms. The Hall–Kier alpha value is -6.16. The van der Waals surface area contributed by atoms with Gasteiger partial charge in [-0.05, 0) is 94.7 Å². The molecule has 1 heterocycles. The molecule has 0 aliphatic carbocycles. The van der Waals surface area contributed by atoms with E-state index in [9.17, 15) is 0 Å². The summed E-state index contributed by atoms with van der Waals surface area (Å²) < 4.78 is 2.60. The lowest BCUT2D eigenvalue weighted by Gasteiger charge is -2.27. The Morgan fingerprint density at radius 2 is 0.837 bits per heavy atom. The molecule has 0 unspecified atom stereocenters. The number of fused-ring (bicyclic) bond motifs is 4. The molecular weight excluding hydrogens is 613 g/mol. The van der Waals surface area contributed by atoms with Gasteiger partial charge in [0.1, 0.15) is 0 Å². The fourth-order valence-electron chi connectivity index (χ4n) is 6.89. The maximum atomic E-state index is 2.40. The monoisotopic (exact) mass is 644 g/mol. The summed E-state index contributed by atoms with van der Waals surface area (Å²) in [5, 5.41) is 4.98. The zero-order valence-corrected chi connectivity index (χ0v) is 27.6. The summed E-state index contributed by atoms with van der Waals surface area (Å²) in [6.45, 7) is 0. The summed E-state index contributed by atoms with van der Waals surface area (Å²) in [6.07, 6.45) is 0. The van der Waals surface area contributed by atoms with Crippen LogP contribution in [-0.4, -0.2) is 0 Å². The summed E-state index contributed by atoms with van der Waals surface area (Å²) in [7, 11) is 0. The first-order valence-corrected chi connectivity index (χ1v) is 17.4. The van der Waals surface area contributed by atoms with Gasteiger partial charge in [0.2, 0.25) is 0 Å². The summed E-state index contributed by atoms with van der Waals surface area (Å²) in [5.74, 6) is 0. The smallest absolute Gasteiger partial charge is 0.0640 e. The van der Waals surface area contributed by atoms with E-state index in [1.165, 1.54) is 47.8 Å². The number of rotatable bonds is 7. The van der Waals surface area contributed by atoms with E-state index >= 15 is 0 Å². The highest BCUT2D eigenvalue weighted by molar-refractivity contribution is 7.26. The van der Waals surface area contributed by atoms with Gasteiger partial charge in [-0.15, -0.1) is 11.3 Å². The van der Waals surface area contributed by atoms with Crippen molar-refractivity contribution in [3.8, 4) is 11.1 Å². The molecule has 9 aromatic rings.